The summed E-state index contributed by atoms with van der Waals surface area (Å²) in [4.78, 5) is 27.0. The fraction of sp³-hybridized carbons (Fsp3) is 0.393. The normalized spacial score (nSPS) is 11.0. The molecule has 1 amide bonds. The lowest BCUT2D eigenvalue weighted by Gasteiger charge is -2.11. The zero-order valence-electron chi connectivity index (χ0n) is 21.5. The van der Waals surface area contributed by atoms with E-state index in [1.165, 1.54) is 10.7 Å². The van der Waals surface area contributed by atoms with E-state index >= 15 is 0 Å². The first-order valence-corrected chi connectivity index (χ1v) is 12.4. The lowest BCUT2D eigenvalue weighted by atomic mass is 10.1. The summed E-state index contributed by atoms with van der Waals surface area (Å²) < 4.78 is 6.81. The summed E-state index contributed by atoms with van der Waals surface area (Å²) in [6.45, 7) is 5.07. The molecule has 0 radical (unpaired) electrons. The number of benzene rings is 2. The van der Waals surface area contributed by atoms with Crippen molar-refractivity contribution in [3.8, 4) is 11.3 Å². The molecule has 2 aromatic carbocycles. The summed E-state index contributed by atoms with van der Waals surface area (Å²) >= 11 is 0. The van der Waals surface area contributed by atoms with E-state index in [4.69, 9.17) is 4.74 Å². The predicted molar refractivity (Wildman–Crippen MR) is 144 cm³/mol. The molecule has 0 spiro atoms. The Bertz CT molecular complexity index is 1180. The van der Waals surface area contributed by atoms with Gasteiger partial charge in [-0.15, -0.1) is 0 Å². The van der Waals surface area contributed by atoms with Crippen LogP contribution in [0.3, 0.4) is 0 Å². The van der Waals surface area contributed by atoms with Crippen LogP contribution in [0.1, 0.15) is 30.9 Å². The second-order valence-electron chi connectivity index (χ2n) is 8.97. The molecule has 0 unspecified atom stereocenters. The number of rotatable bonds is 14. The number of carbonyl (C=O) groups excluding carboxylic acids is 1. The van der Waals surface area contributed by atoms with Gasteiger partial charge in [-0.3, -0.25) is 9.59 Å². The van der Waals surface area contributed by atoms with Gasteiger partial charge in [0, 0.05) is 30.5 Å². The molecule has 192 valence electrons. The first kappa shape index (κ1) is 27.1. The third kappa shape index (κ3) is 8.94. The maximum atomic E-state index is 12.5. The van der Waals surface area contributed by atoms with Gasteiger partial charge in [0.1, 0.15) is 6.73 Å². The van der Waals surface area contributed by atoms with E-state index in [1.807, 2.05) is 69.6 Å². The number of unbranched alkanes of at least 4 members (excludes halogenated alkanes) is 1. The Hall–Kier alpha value is -3.49. The second kappa shape index (κ2) is 14.2. The number of aromatic nitrogens is 2. The average molecular weight is 492 g/mol. The highest BCUT2D eigenvalue weighted by molar-refractivity contribution is 5.79. The van der Waals surface area contributed by atoms with Gasteiger partial charge in [-0.05, 0) is 75.8 Å². The van der Waals surface area contributed by atoms with E-state index in [2.05, 4.69) is 20.6 Å². The first-order chi connectivity index (χ1) is 17.4. The minimum absolute atomic E-state index is 0.00719. The smallest absolute Gasteiger partial charge is 0.267 e. The molecular formula is C28H37N5O3. The van der Waals surface area contributed by atoms with Gasteiger partial charge >= 0.3 is 0 Å². The minimum Gasteiger partial charge on any atom is -0.363 e. The zero-order chi connectivity index (χ0) is 25.8. The summed E-state index contributed by atoms with van der Waals surface area (Å²) in [5, 5.41) is 10.8. The summed E-state index contributed by atoms with van der Waals surface area (Å²) in [6, 6.07) is 18.9. The van der Waals surface area contributed by atoms with Gasteiger partial charge in [-0.2, -0.15) is 5.10 Å². The third-order valence-corrected chi connectivity index (χ3v) is 5.65. The summed E-state index contributed by atoms with van der Waals surface area (Å²) in [6.07, 6.45) is 2.32. The first-order valence-electron chi connectivity index (χ1n) is 12.4. The number of anilines is 1. The lowest BCUT2D eigenvalue weighted by molar-refractivity contribution is -0.120. The molecular weight excluding hydrogens is 454 g/mol. The van der Waals surface area contributed by atoms with Crippen LogP contribution in [0.15, 0.2) is 65.5 Å². The van der Waals surface area contributed by atoms with Crippen LogP contribution in [0, 0.1) is 0 Å². The van der Waals surface area contributed by atoms with Crippen molar-refractivity contribution in [2.45, 2.75) is 32.7 Å². The van der Waals surface area contributed by atoms with Gasteiger partial charge in [0.25, 0.3) is 5.56 Å². The Morgan fingerprint density at radius 2 is 1.83 bits per heavy atom. The third-order valence-electron chi connectivity index (χ3n) is 5.65. The van der Waals surface area contributed by atoms with Crippen molar-refractivity contribution in [1.82, 2.24) is 20.0 Å². The fourth-order valence-corrected chi connectivity index (χ4v) is 3.77. The number of nitrogens with zero attached hydrogens (tertiary/aromatic N) is 3. The molecule has 0 saturated heterocycles. The molecule has 8 nitrogen and oxygen atoms in total. The van der Waals surface area contributed by atoms with Crippen LogP contribution in [0.4, 0.5) is 5.69 Å². The SMILES string of the molecule is CCOCNc1cccc(Cn2nc(-c3cccc(CC(=O)NCCCCN(C)C)c3)ccc2=O)c1. The maximum absolute atomic E-state index is 12.5. The molecule has 3 aromatic rings. The van der Waals surface area contributed by atoms with Gasteiger partial charge in [0.05, 0.1) is 18.7 Å². The fourth-order valence-electron chi connectivity index (χ4n) is 3.77. The van der Waals surface area contributed by atoms with Crippen molar-refractivity contribution >= 4 is 11.6 Å². The van der Waals surface area contributed by atoms with Gasteiger partial charge in [-0.1, -0.05) is 30.3 Å². The maximum Gasteiger partial charge on any atom is 0.267 e. The Kier molecular flexibility index (Phi) is 10.7. The van der Waals surface area contributed by atoms with Crippen LogP contribution in [0.2, 0.25) is 0 Å². The molecule has 0 aliphatic heterocycles. The van der Waals surface area contributed by atoms with E-state index in [0.29, 0.717) is 38.5 Å². The topological polar surface area (TPSA) is 88.5 Å². The van der Waals surface area contributed by atoms with Crippen molar-refractivity contribution < 1.29 is 9.53 Å². The van der Waals surface area contributed by atoms with Crippen molar-refractivity contribution in [3.63, 3.8) is 0 Å². The number of amides is 1. The lowest BCUT2D eigenvalue weighted by Crippen LogP contribution is -2.26. The van der Waals surface area contributed by atoms with Gasteiger partial charge < -0.3 is 20.3 Å². The molecule has 0 fully saturated rings. The Morgan fingerprint density at radius 3 is 2.64 bits per heavy atom. The Morgan fingerprint density at radius 1 is 1.03 bits per heavy atom. The molecule has 3 rings (SSSR count). The van der Waals surface area contributed by atoms with Crippen molar-refractivity contribution in [2.24, 2.45) is 0 Å². The minimum atomic E-state index is -0.170. The number of hydrogen-bond acceptors (Lipinski definition) is 6. The van der Waals surface area contributed by atoms with Crippen LogP contribution < -0.4 is 16.2 Å². The summed E-state index contributed by atoms with van der Waals surface area (Å²) in [7, 11) is 4.10. The number of hydrogen-bond donors (Lipinski definition) is 2. The van der Waals surface area contributed by atoms with E-state index < -0.39 is 0 Å². The molecule has 1 heterocycles. The highest BCUT2D eigenvalue weighted by Crippen LogP contribution is 2.18. The van der Waals surface area contributed by atoms with Crippen molar-refractivity contribution in [2.75, 3.05) is 45.8 Å². The van der Waals surface area contributed by atoms with Crippen LogP contribution in [0.5, 0.6) is 0 Å². The molecule has 2 N–H and O–H groups in total. The van der Waals surface area contributed by atoms with Gasteiger partial charge in [-0.25, -0.2) is 4.68 Å². The highest BCUT2D eigenvalue weighted by atomic mass is 16.5. The molecule has 0 aliphatic carbocycles. The quantitative estimate of drug-likeness (QED) is 0.266. The van der Waals surface area contributed by atoms with Gasteiger partial charge in [0.2, 0.25) is 5.91 Å². The summed E-state index contributed by atoms with van der Waals surface area (Å²) in [5.41, 5.74) is 4.17. The molecule has 0 aliphatic rings. The Balaban J connectivity index is 1.64. The average Bonchev–Trinajstić information content (AvgIpc) is 2.85. The van der Waals surface area contributed by atoms with Gasteiger partial charge in [0.15, 0.2) is 0 Å². The highest BCUT2D eigenvalue weighted by Gasteiger charge is 2.08. The van der Waals surface area contributed by atoms with Crippen LogP contribution in [0.25, 0.3) is 11.3 Å². The van der Waals surface area contributed by atoms with Crippen molar-refractivity contribution in [1.29, 1.82) is 0 Å². The largest absolute Gasteiger partial charge is 0.363 e. The van der Waals surface area contributed by atoms with E-state index in [0.717, 1.165) is 41.8 Å². The second-order valence-corrected chi connectivity index (χ2v) is 8.97. The van der Waals surface area contributed by atoms with E-state index in [1.54, 1.807) is 6.07 Å². The molecule has 1 aromatic heterocycles. The van der Waals surface area contributed by atoms with Crippen LogP contribution >= 0.6 is 0 Å². The number of carbonyl (C=O) groups is 1. The van der Waals surface area contributed by atoms with E-state index in [-0.39, 0.29) is 11.5 Å². The predicted octanol–water partition coefficient (Wildman–Crippen LogP) is 3.37. The molecule has 0 saturated carbocycles. The zero-order valence-corrected chi connectivity index (χ0v) is 21.5. The van der Waals surface area contributed by atoms with E-state index in [9.17, 15) is 9.59 Å². The molecule has 0 atom stereocenters. The van der Waals surface area contributed by atoms with Crippen molar-refractivity contribution in [3.05, 3.63) is 82.1 Å². The monoisotopic (exact) mass is 491 g/mol. The number of nitrogens with one attached hydrogen (secondary N) is 2. The Labute approximate surface area is 213 Å². The van der Waals surface area contributed by atoms with Crippen LogP contribution in [-0.2, 0) is 22.5 Å². The molecule has 36 heavy (non-hydrogen) atoms. The van der Waals surface area contributed by atoms with Crippen LogP contribution in [-0.4, -0.2) is 61.1 Å². The standard InChI is InChI=1S/C28H37N5O3/c1-4-36-21-30-25-12-8-10-23(18-25)20-33-28(35)14-13-26(31-33)24-11-7-9-22(17-24)19-27(34)29-15-5-6-16-32(2)3/h7-14,17-18,30H,4-6,15-16,19-21H2,1-3H3,(H,29,34). The molecule has 0 bridgehead atoms. The summed E-state index contributed by atoms with van der Waals surface area (Å²) in [5.74, 6) is 0.00719. The molecule has 8 heteroatoms. The number of ether oxygens (including phenoxy) is 1.